The van der Waals surface area contributed by atoms with Crippen molar-refractivity contribution in [3.05, 3.63) is 80.6 Å². The van der Waals surface area contributed by atoms with Gasteiger partial charge in [0.05, 0.1) is 16.5 Å². The summed E-state index contributed by atoms with van der Waals surface area (Å²) in [7, 11) is 0. The molecule has 2 aromatic carbocycles. The molecule has 0 aliphatic carbocycles. The summed E-state index contributed by atoms with van der Waals surface area (Å²) in [6.07, 6.45) is 4.19. The number of hydrogen-bond donors (Lipinski definition) is 1. The van der Waals surface area contributed by atoms with Gasteiger partial charge in [-0.05, 0) is 43.7 Å². The lowest BCUT2D eigenvalue weighted by Gasteiger charge is -2.34. The number of rotatable bonds is 5. The minimum Gasteiger partial charge on any atom is -0.364 e. The van der Waals surface area contributed by atoms with E-state index in [2.05, 4.69) is 5.32 Å². The number of allylic oxidation sites excluding steroid dienone is 1. The average Bonchev–Trinajstić information content (AvgIpc) is 2.79. The Labute approximate surface area is 195 Å². The molecule has 172 valence electrons. The lowest BCUT2D eigenvalue weighted by atomic mass is 10.0. The Kier molecular flexibility index (Phi) is 6.63. The maximum Gasteiger partial charge on any atom is 0.200 e. The van der Waals surface area contributed by atoms with Crippen molar-refractivity contribution in [3.63, 3.8) is 0 Å². The van der Waals surface area contributed by atoms with Gasteiger partial charge in [0.1, 0.15) is 11.5 Å². The molecule has 2 heterocycles. The highest BCUT2D eigenvalue weighted by Crippen LogP contribution is 2.31. The molecule has 3 aromatic rings. The van der Waals surface area contributed by atoms with E-state index in [9.17, 15) is 9.59 Å². The summed E-state index contributed by atoms with van der Waals surface area (Å²) < 4.78 is 32.2. The van der Waals surface area contributed by atoms with Gasteiger partial charge in [-0.1, -0.05) is 29.8 Å². The van der Waals surface area contributed by atoms with Crippen LogP contribution in [0.5, 0.6) is 0 Å². The number of carbonyl (C=O) groups is 1. The zero-order valence-electron chi connectivity index (χ0n) is 18.4. The van der Waals surface area contributed by atoms with Crippen molar-refractivity contribution in [2.45, 2.75) is 26.4 Å². The number of nitrogens with one attached hydrogen (secondary N) is 1. The summed E-state index contributed by atoms with van der Waals surface area (Å²) in [6.45, 7) is 5.52. The molecule has 1 aliphatic heterocycles. The second-order valence-electron chi connectivity index (χ2n) is 8.13. The number of fused-ring (bicyclic) bond motifs is 1. The van der Waals surface area contributed by atoms with Crippen molar-refractivity contribution in [2.75, 3.05) is 24.5 Å². The standard InChI is InChI=1S/C25H24ClF2N3O2/c1-3-30-14-19(21(32)9-6-16-4-7-17(26)8-5-16)25(33)18-12-20(27)24(22(28)23(18)30)31-11-10-29-15(2)13-31/h4-9,12,14-15,29H,3,10-11,13H2,1-2H3/b9-6+. The fourth-order valence-corrected chi connectivity index (χ4v) is 4.29. The molecule has 5 nitrogen and oxygen atoms in total. The molecule has 0 amide bonds. The maximum atomic E-state index is 15.6. The number of ketones is 1. The summed E-state index contributed by atoms with van der Waals surface area (Å²) in [6, 6.07) is 7.98. The van der Waals surface area contributed by atoms with Gasteiger partial charge in [-0.15, -0.1) is 0 Å². The molecule has 1 saturated heterocycles. The average molecular weight is 472 g/mol. The van der Waals surface area contributed by atoms with Crippen LogP contribution < -0.4 is 15.6 Å². The lowest BCUT2D eigenvalue weighted by molar-refractivity contribution is 0.104. The minimum atomic E-state index is -0.810. The van der Waals surface area contributed by atoms with Gasteiger partial charge in [0.2, 0.25) is 5.43 Å². The molecular weight excluding hydrogens is 448 g/mol. The molecule has 8 heteroatoms. The van der Waals surface area contributed by atoms with Crippen LogP contribution in [-0.4, -0.2) is 36.0 Å². The van der Waals surface area contributed by atoms with E-state index in [1.807, 2.05) is 6.92 Å². The van der Waals surface area contributed by atoms with Crippen molar-refractivity contribution in [3.8, 4) is 0 Å². The van der Waals surface area contributed by atoms with Gasteiger partial charge in [-0.3, -0.25) is 9.59 Å². The van der Waals surface area contributed by atoms with E-state index >= 15 is 8.78 Å². The quantitative estimate of drug-likeness (QED) is 0.435. The summed E-state index contributed by atoms with van der Waals surface area (Å²) in [5.74, 6) is -2.14. The van der Waals surface area contributed by atoms with Crippen molar-refractivity contribution in [2.24, 2.45) is 0 Å². The zero-order valence-corrected chi connectivity index (χ0v) is 19.1. The molecule has 1 aromatic heterocycles. The van der Waals surface area contributed by atoms with Crippen molar-refractivity contribution in [1.82, 2.24) is 9.88 Å². The molecule has 33 heavy (non-hydrogen) atoms. The number of halogens is 3. The first-order valence-corrected chi connectivity index (χ1v) is 11.2. The largest absolute Gasteiger partial charge is 0.364 e. The summed E-state index contributed by atoms with van der Waals surface area (Å²) in [5, 5.41) is 3.66. The maximum absolute atomic E-state index is 15.6. The number of pyridine rings is 1. The highest BCUT2D eigenvalue weighted by atomic mass is 35.5. The summed E-state index contributed by atoms with van der Waals surface area (Å²) in [5.41, 5.74) is -0.241. The molecule has 0 radical (unpaired) electrons. The first-order valence-electron chi connectivity index (χ1n) is 10.8. The van der Waals surface area contributed by atoms with Gasteiger partial charge in [0, 0.05) is 43.4 Å². The van der Waals surface area contributed by atoms with Crippen LogP contribution in [0.25, 0.3) is 17.0 Å². The number of anilines is 1. The van der Waals surface area contributed by atoms with Crippen molar-refractivity contribution in [1.29, 1.82) is 0 Å². The van der Waals surface area contributed by atoms with Gasteiger partial charge >= 0.3 is 0 Å². The third kappa shape index (κ3) is 4.56. The van der Waals surface area contributed by atoms with E-state index in [1.54, 1.807) is 42.2 Å². The number of benzene rings is 2. The lowest BCUT2D eigenvalue weighted by Crippen LogP contribution is -2.49. The number of aryl methyl sites for hydroxylation is 1. The van der Waals surface area contributed by atoms with Crippen LogP contribution in [-0.2, 0) is 6.54 Å². The fraction of sp³-hybridized carbons (Fsp3) is 0.280. The number of piperazine rings is 1. The highest BCUT2D eigenvalue weighted by Gasteiger charge is 2.26. The Balaban J connectivity index is 1.80. The molecular formula is C25H24ClF2N3O2. The highest BCUT2D eigenvalue weighted by molar-refractivity contribution is 6.30. The van der Waals surface area contributed by atoms with E-state index < -0.39 is 22.8 Å². The van der Waals surface area contributed by atoms with E-state index in [4.69, 9.17) is 11.6 Å². The van der Waals surface area contributed by atoms with Crippen LogP contribution in [0, 0.1) is 11.6 Å². The predicted octanol–water partition coefficient (Wildman–Crippen LogP) is 4.65. The van der Waals surface area contributed by atoms with E-state index in [0.717, 1.165) is 11.6 Å². The molecule has 1 aliphatic rings. The smallest absolute Gasteiger partial charge is 0.200 e. The number of carbonyl (C=O) groups excluding carboxylic acids is 1. The van der Waals surface area contributed by atoms with E-state index in [1.165, 1.54) is 16.8 Å². The van der Waals surface area contributed by atoms with E-state index in [-0.39, 0.29) is 28.2 Å². The Morgan fingerprint density at radius 1 is 1.27 bits per heavy atom. The third-order valence-electron chi connectivity index (χ3n) is 5.82. The Morgan fingerprint density at radius 2 is 2.00 bits per heavy atom. The van der Waals surface area contributed by atoms with Gasteiger partial charge in [-0.25, -0.2) is 8.78 Å². The predicted molar refractivity (Wildman–Crippen MR) is 128 cm³/mol. The van der Waals surface area contributed by atoms with Crippen LogP contribution in [0.4, 0.5) is 14.5 Å². The normalized spacial score (nSPS) is 16.6. The second kappa shape index (κ2) is 9.45. The molecule has 0 spiro atoms. The molecule has 1 fully saturated rings. The van der Waals surface area contributed by atoms with Crippen LogP contribution in [0.15, 0.2) is 47.4 Å². The fourth-order valence-electron chi connectivity index (χ4n) is 4.16. The van der Waals surface area contributed by atoms with Crippen LogP contribution in [0.2, 0.25) is 5.02 Å². The molecule has 1 atom stereocenters. The van der Waals surface area contributed by atoms with Crippen LogP contribution in [0.3, 0.4) is 0 Å². The minimum absolute atomic E-state index is 0.00307. The summed E-state index contributed by atoms with van der Waals surface area (Å²) >= 11 is 5.87. The SMILES string of the molecule is CCn1cc(C(=O)/C=C/c2ccc(Cl)cc2)c(=O)c2cc(F)c(N3CCNC(C)C3)c(F)c21. The van der Waals surface area contributed by atoms with Gasteiger partial charge in [0.25, 0.3) is 0 Å². The Bertz CT molecular complexity index is 1300. The number of aromatic nitrogens is 1. The van der Waals surface area contributed by atoms with Gasteiger partial charge in [-0.2, -0.15) is 0 Å². The molecule has 0 saturated carbocycles. The van der Waals surface area contributed by atoms with Gasteiger partial charge in [0.15, 0.2) is 11.6 Å². The Hall–Kier alpha value is -3.03. The molecule has 1 unspecified atom stereocenters. The molecule has 1 N–H and O–H groups in total. The molecule has 0 bridgehead atoms. The zero-order chi connectivity index (χ0) is 23.7. The summed E-state index contributed by atoms with van der Waals surface area (Å²) in [4.78, 5) is 27.6. The second-order valence-corrected chi connectivity index (χ2v) is 8.56. The monoisotopic (exact) mass is 471 g/mol. The third-order valence-corrected chi connectivity index (χ3v) is 6.07. The topological polar surface area (TPSA) is 54.3 Å². The first-order chi connectivity index (χ1) is 15.8. The first kappa shape index (κ1) is 23.1. The number of nitrogens with zero attached hydrogens (tertiary/aromatic N) is 2. The van der Waals surface area contributed by atoms with Crippen molar-refractivity contribution < 1.29 is 13.6 Å². The Morgan fingerprint density at radius 3 is 2.67 bits per heavy atom. The van der Waals surface area contributed by atoms with Crippen molar-refractivity contribution >= 4 is 40.1 Å². The van der Waals surface area contributed by atoms with Gasteiger partial charge < -0.3 is 14.8 Å². The van der Waals surface area contributed by atoms with Crippen LogP contribution in [0.1, 0.15) is 29.8 Å². The molecule has 4 rings (SSSR count). The van der Waals surface area contributed by atoms with E-state index in [0.29, 0.717) is 31.2 Å². The number of hydrogen-bond acceptors (Lipinski definition) is 4. The van der Waals surface area contributed by atoms with Crippen LogP contribution >= 0.6 is 11.6 Å².